The van der Waals surface area contributed by atoms with Crippen molar-refractivity contribution in [2.24, 2.45) is 0 Å². The lowest BCUT2D eigenvalue weighted by Crippen LogP contribution is -2.46. The Balaban J connectivity index is 1.47. The van der Waals surface area contributed by atoms with Gasteiger partial charge in [0.2, 0.25) is 5.95 Å². The average molecular weight is 568 g/mol. The first-order valence-corrected chi connectivity index (χ1v) is 11.8. The predicted molar refractivity (Wildman–Crippen MR) is 129 cm³/mol. The molecule has 0 aliphatic carbocycles. The van der Waals surface area contributed by atoms with E-state index in [0.717, 1.165) is 36.4 Å². The van der Waals surface area contributed by atoms with Gasteiger partial charge in [-0.3, -0.25) is 14.6 Å². The van der Waals surface area contributed by atoms with E-state index in [-0.39, 0.29) is 35.0 Å². The Morgan fingerprint density at radius 3 is 2.55 bits per heavy atom. The topological polar surface area (TPSA) is 113 Å². The molecule has 0 radical (unpaired) electrons. The number of aromatic nitrogens is 6. The second kappa shape index (κ2) is 9.18. The van der Waals surface area contributed by atoms with Gasteiger partial charge in [0.15, 0.2) is 5.65 Å². The van der Waals surface area contributed by atoms with Crippen LogP contribution in [-0.4, -0.2) is 58.8 Å². The van der Waals surface area contributed by atoms with Crippen LogP contribution in [0.2, 0.25) is 0 Å². The van der Waals surface area contributed by atoms with Crippen LogP contribution in [0.1, 0.15) is 38.5 Å². The zero-order valence-corrected chi connectivity index (χ0v) is 21.2. The fourth-order valence-electron chi connectivity index (χ4n) is 4.59. The molecule has 0 unspecified atom stereocenters. The summed E-state index contributed by atoms with van der Waals surface area (Å²) in [7, 11) is 0. The summed E-state index contributed by atoms with van der Waals surface area (Å²) in [5, 5.41) is 19.9. The number of anilines is 2. The summed E-state index contributed by atoms with van der Waals surface area (Å²) in [6, 6.07) is 2.16. The van der Waals surface area contributed by atoms with Crippen molar-refractivity contribution >= 4 is 23.1 Å². The van der Waals surface area contributed by atoms with E-state index in [1.54, 1.807) is 13.8 Å². The SMILES string of the molecule is CC(C)(O)Cn1ccc(-c2ncc(NC(=O)N3C[C@@](C)(C(F)(F)F)c4c3cnc3cc(F)nn43)cc2C(F)F)n1. The van der Waals surface area contributed by atoms with Crippen molar-refractivity contribution in [2.75, 3.05) is 16.8 Å². The van der Waals surface area contributed by atoms with Crippen LogP contribution in [0.5, 0.6) is 0 Å². The molecule has 2 amide bonds. The number of halogens is 6. The number of hydrogen-bond donors (Lipinski definition) is 2. The summed E-state index contributed by atoms with van der Waals surface area (Å²) in [6.45, 7) is 3.14. The van der Waals surface area contributed by atoms with Crippen molar-refractivity contribution in [3.05, 3.63) is 54.0 Å². The van der Waals surface area contributed by atoms with E-state index in [1.807, 2.05) is 0 Å². The largest absolute Gasteiger partial charge is 0.401 e. The van der Waals surface area contributed by atoms with Gasteiger partial charge in [-0.15, -0.1) is 5.10 Å². The summed E-state index contributed by atoms with van der Waals surface area (Å²) < 4.78 is 86.5. The van der Waals surface area contributed by atoms with Crippen LogP contribution in [-0.2, 0) is 12.0 Å². The predicted octanol–water partition coefficient (Wildman–Crippen LogP) is 4.71. The Morgan fingerprint density at radius 1 is 1.18 bits per heavy atom. The molecule has 2 N–H and O–H groups in total. The summed E-state index contributed by atoms with van der Waals surface area (Å²) in [5.41, 5.74) is -5.57. The minimum Gasteiger partial charge on any atom is -0.389 e. The molecule has 1 atom stereocenters. The van der Waals surface area contributed by atoms with Crippen molar-refractivity contribution in [3.63, 3.8) is 0 Å². The normalized spacial score (nSPS) is 17.6. The number of alkyl halides is 5. The summed E-state index contributed by atoms with van der Waals surface area (Å²) in [6.07, 6.45) is -4.35. The van der Waals surface area contributed by atoms with E-state index in [2.05, 4.69) is 25.5 Å². The van der Waals surface area contributed by atoms with E-state index in [0.29, 0.717) is 4.52 Å². The molecule has 16 heteroatoms. The molecule has 1 aliphatic heterocycles. The Kier molecular flexibility index (Phi) is 6.28. The summed E-state index contributed by atoms with van der Waals surface area (Å²) in [4.78, 5) is 21.8. The van der Waals surface area contributed by atoms with Crippen LogP contribution in [0.4, 0.5) is 42.5 Å². The fraction of sp³-hybridized carbons (Fsp3) is 0.375. The monoisotopic (exact) mass is 568 g/mol. The Hall–Kier alpha value is -4.21. The highest BCUT2D eigenvalue weighted by molar-refractivity contribution is 6.03. The molecule has 1 aliphatic rings. The molecule has 0 aromatic carbocycles. The van der Waals surface area contributed by atoms with Crippen molar-refractivity contribution in [3.8, 4) is 11.4 Å². The number of carbonyl (C=O) groups excluding carboxylic acids is 1. The Bertz CT molecular complexity index is 1610. The van der Waals surface area contributed by atoms with Crippen molar-refractivity contribution < 1.29 is 36.2 Å². The number of fused-ring (bicyclic) bond motifs is 3. The van der Waals surface area contributed by atoms with Crippen LogP contribution in [0.3, 0.4) is 0 Å². The maximum atomic E-state index is 14.2. The first kappa shape index (κ1) is 27.4. The lowest BCUT2D eigenvalue weighted by atomic mass is 9.88. The number of urea groups is 1. The van der Waals surface area contributed by atoms with E-state index < -0.39 is 53.4 Å². The van der Waals surface area contributed by atoms with Crippen molar-refractivity contribution in [1.82, 2.24) is 29.4 Å². The first-order chi connectivity index (χ1) is 18.6. The Morgan fingerprint density at radius 2 is 1.90 bits per heavy atom. The highest BCUT2D eigenvalue weighted by Gasteiger charge is 2.60. The maximum Gasteiger partial charge on any atom is 0.401 e. The molecule has 4 aromatic heterocycles. The highest BCUT2D eigenvalue weighted by atomic mass is 19.4. The number of pyridine rings is 1. The quantitative estimate of drug-likeness (QED) is 0.338. The molecule has 0 saturated carbocycles. The zero-order valence-electron chi connectivity index (χ0n) is 21.2. The number of nitrogens with one attached hydrogen (secondary N) is 1. The van der Waals surface area contributed by atoms with Crippen LogP contribution in [0.15, 0.2) is 36.8 Å². The lowest BCUT2D eigenvalue weighted by molar-refractivity contribution is -0.181. The van der Waals surface area contributed by atoms with Gasteiger partial charge < -0.3 is 10.4 Å². The molecule has 212 valence electrons. The molecule has 5 rings (SSSR count). The van der Waals surface area contributed by atoms with Crippen LogP contribution >= 0.6 is 0 Å². The van der Waals surface area contributed by atoms with Gasteiger partial charge in [-0.2, -0.15) is 22.7 Å². The molecule has 5 heterocycles. The van der Waals surface area contributed by atoms with Crippen LogP contribution < -0.4 is 10.2 Å². The first-order valence-electron chi connectivity index (χ1n) is 11.8. The number of amides is 2. The van der Waals surface area contributed by atoms with Crippen LogP contribution in [0.25, 0.3) is 17.0 Å². The standard InChI is InChI=1S/C24H22F6N8O2/c1-22(2,40)10-36-5-4-14(34-36)18-13(20(26)27)6-12(8-32-18)33-21(39)37-11-23(3,24(28,29)30)19-15(37)9-31-17-7-16(25)35-38(17)19/h4-9,20,40H,10-11H2,1-3H3,(H,33,39)/t23-/m1/s1. The number of carbonyl (C=O) groups is 1. The Labute approximate surface area is 222 Å². The fourth-order valence-corrected chi connectivity index (χ4v) is 4.59. The number of hydrogen-bond acceptors (Lipinski definition) is 6. The molecule has 0 bridgehead atoms. The minimum absolute atomic E-state index is 0.0889. The van der Waals surface area contributed by atoms with Crippen molar-refractivity contribution in [2.45, 2.75) is 50.9 Å². The smallest absolute Gasteiger partial charge is 0.389 e. The average Bonchev–Trinajstić information content (AvgIpc) is 3.52. The van der Waals surface area contributed by atoms with Crippen molar-refractivity contribution in [1.29, 1.82) is 0 Å². The molecule has 40 heavy (non-hydrogen) atoms. The van der Waals surface area contributed by atoms with Gasteiger partial charge in [0.05, 0.1) is 47.3 Å². The van der Waals surface area contributed by atoms with Gasteiger partial charge in [0.1, 0.15) is 11.1 Å². The summed E-state index contributed by atoms with van der Waals surface area (Å²) >= 11 is 0. The van der Waals surface area contributed by atoms with Gasteiger partial charge in [-0.25, -0.2) is 23.1 Å². The molecule has 10 nitrogen and oxygen atoms in total. The van der Waals surface area contributed by atoms with Gasteiger partial charge in [0, 0.05) is 24.4 Å². The van der Waals surface area contributed by atoms with Gasteiger partial charge in [0.25, 0.3) is 6.43 Å². The third kappa shape index (κ3) is 4.71. The van der Waals surface area contributed by atoms with E-state index >= 15 is 0 Å². The second-order valence-electron chi connectivity index (χ2n) is 10.2. The van der Waals surface area contributed by atoms with Gasteiger partial charge >= 0.3 is 12.2 Å². The second-order valence-corrected chi connectivity index (χ2v) is 10.2. The van der Waals surface area contributed by atoms with E-state index in [4.69, 9.17) is 0 Å². The molecule has 0 spiro atoms. The lowest BCUT2D eigenvalue weighted by Gasteiger charge is -2.28. The third-order valence-electron chi connectivity index (χ3n) is 6.43. The van der Waals surface area contributed by atoms with Gasteiger partial charge in [-0.05, 0) is 32.9 Å². The van der Waals surface area contributed by atoms with E-state index in [9.17, 15) is 36.2 Å². The number of nitrogens with zero attached hydrogens (tertiary/aromatic N) is 7. The van der Waals surface area contributed by atoms with Crippen LogP contribution in [0, 0.1) is 5.95 Å². The highest BCUT2D eigenvalue weighted by Crippen LogP contribution is 2.50. The molecule has 0 saturated heterocycles. The molecule has 4 aromatic rings. The molecular weight excluding hydrogens is 546 g/mol. The summed E-state index contributed by atoms with van der Waals surface area (Å²) in [5.74, 6) is -1.05. The van der Waals surface area contributed by atoms with Gasteiger partial charge in [-0.1, -0.05) is 0 Å². The molecule has 0 fully saturated rings. The maximum absolute atomic E-state index is 14.2. The number of rotatable bonds is 5. The molecular formula is C24H22F6N8O2. The zero-order chi connectivity index (χ0) is 29.2. The van der Waals surface area contributed by atoms with E-state index in [1.165, 1.54) is 16.9 Å². The minimum atomic E-state index is -4.87. The third-order valence-corrected chi connectivity index (χ3v) is 6.43. The number of aliphatic hydroxyl groups is 1.